The average Bonchev–Trinajstić information content (AvgIpc) is 2.24. The second kappa shape index (κ2) is 8.91. The highest BCUT2D eigenvalue weighted by Gasteiger charge is 2.17. The molecule has 1 unspecified atom stereocenters. The van der Waals surface area contributed by atoms with Crippen LogP contribution in [0.2, 0.25) is 0 Å². The molecular weight excluding hydrogens is 230 g/mol. The maximum atomic E-state index is 11.8. The summed E-state index contributed by atoms with van der Waals surface area (Å²) in [6, 6.07) is 0.130. The topological polar surface area (TPSA) is 84.2 Å². The Hall–Kier alpha value is -1.10. The van der Waals surface area contributed by atoms with Gasteiger partial charge in [-0.25, -0.2) is 0 Å². The Morgan fingerprint density at radius 3 is 2.22 bits per heavy atom. The van der Waals surface area contributed by atoms with E-state index in [4.69, 9.17) is 5.73 Å². The van der Waals surface area contributed by atoms with Gasteiger partial charge in [-0.2, -0.15) is 0 Å². The van der Waals surface area contributed by atoms with Crippen LogP contribution in [0.4, 0.5) is 0 Å². The number of rotatable bonds is 8. The Bertz CT molecular complexity index is 265. The van der Waals surface area contributed by atoms with Gasteiger partial charge in [0.1, 0.15) is 0 Å². The molecule has 106 valence electrons. The molecule has 4 N–H and O–H groups in total. The first-order valence-electron chi connectivity index (χ1n) is 6.64. The molecule has 0 aromatic carbocycles. The van der Waals surface area contributed by atoms with E-state index >= 15 is 0 Å². The van der Waals surface area contributed by atoms with Crippen molar-refractivity contribution in [3.8, 4) is 0 Å². The van der Waals surface area contributed by atoms with Crippen LogP contribution in [0.25, 0.3) is 0 Å². The number of hydrogen-bond acceptors (Lipinski definition) is 3. The van der Waals surface area contributed by atoms with Crippen LogP contribution in [0.15, 0.2) is 0 Å². The lowest BCUT2D eigenvalue weighted by molar-refractivity contribution is -0.125. The third kappa shape index (κ3) is 8.06. The Kier molecular flexibility index (Phi) is 8.37. The number of nitrogens with one attached hydrogen (secondary N) is 2. The van der Waals surface area contributed by atoms with Crippen LogP contribution >= 0.6 is 0 Å². The zero-order chi connectivity index (χ0) is 14.1. The van der Waals surface area contributed by atoms with Crippen LogP contribution in [0.3, 0.4) is 0 Å². The monoisotopic (exact) mass is 257 g/mol. The van der Waals surface area contributed by atoms with Crippen molar-refractivity contribution in [1.29, 1.82) is 0 Å². The van der Waals surface area contributed by atoms with E-state index < -0.39 is 0 Å². The van der Waals surface area contributed by atoms with Crippen LogP contribution in [0.1, 0.15) is 40.5 Å². The fourth-order valence-electron chi connectivity index (χ4n) is 1.72. The van der Waals surface area contributed by atoms with Crippen molar-refractivity contribution in [2.45, 2.75) is 46.6 Å². The third-order valence-electron chi connectivity index (χ3n) is 2.51. The molecule has 5 heteroatoms. The minimum absolute atomic E-state index is 0.0431. The number of nitrogens with two attached hydrogens (primary N) is 1. The van der Waals surface area contributed by atoms with E-state index in [0.717, 1.165) is 6.42 Å². The summed E-state index contributed by atoms with van der Waals surface area (Å²) in [6.45, 7) is 8.65. The highest BCUT2D eigenvalue weighted by atomic mass is 16.2. The first kappa shape index (κ1) is 16.9. The first-order chi connectivity index (χ1) is 8.36. The number of hydrogen-bond donors (Lipinski definition) is 3. The summed E-state index contributed by atoms with van der Waals surface area (Å²) in [7, 11) is 0. The summed E-state index contributed by atoms with van der Waals surface area (Å²) in [5.74, 6) is 0.189. The molecule has 0 fully saturated rings. The molecule has 0 heterocycles. The third-order valence-corrected chi connectivity index (χ3v) is 2.51. The molecule has 0 saturated heterocycles. The Balaban J connectivity index is 3.90. The lowest BCUT2D eigenvalue weighted by Crippen LogP contribution is -2.38. The van der Waals surface area contributed by atoms with Crippen molar-refractivity contribution in [1.82, 2.24) is 10.6 Å². The Labute approximate surface area is 110 Å². The maximum absolute atomic E-state index is 11.8. The molecule has 0 rings (SSSR count). The van der Waals surface area contributed by atoms with Crippen molar-refractivity contribution < 1.29 is 9.59 Å². The molecule has 0 spiro atoms. The van der Waals surface area contributed by atoms with Crippen molar-refractivity contribution in [3.63, 3.8) is 0 Å². The van der Waals surface area contributed by atoms with E-state index in [9.17, 15) is 9.59 Å². The van der Waals surface area contributed by atoms with Gasteiger partial charge in [-0.1, -0.05) is 13.8 Å². The van der Waals surface area contributed by atoms with Gasteiger partial charge in [-0.15, -0.1) is 0 Å². The second-order valence-corrected chi connectivity index (χ2v) is 5.33. The Morgan fingerprint density at radius 2 is 1.78 bits per heavy atom. The zero-order valence-electron chi connectivity index (χ0n) is 12.0. The lowest BCUT2D eigenvalue weighted by atomic mass is 9.96. The molecule has 0 bridgehead atoms. The van der Waals surface area contributed by atoms with Crippen molar-refractivity contribution in [2.24, 2.45) is 17.6 Å². The van der Waals surface area contributed by atoms with Crippen molar-refractivity contribution >= 4 is 11.8 Å². The lowest BCUT2D eigenvalue weighted by Gasteiger charge is -2.16. The number of carbonyl (C=O) groups is 2. The van der Waals surface area contributed by atoms with Gasteiger partial charge < -0.3 is 16.4 Å². The molecule has 0 aliphatic rings. The van der Waals surface area contributed by atoms with E-state index in [1.165, 1.54) is 0 Å². The van der Waals surface area contributed by atoms with Gasteiger partial charge in [0.25, 0.3) is 0 Å². The predicted octanol–water partition coefficient (Wildman–Crippen LogP) is 0.638. The molecule has 0 aromatic rings. The van der Waals surface area contributed by atoms with E-state index in [0.29, 0.717) is 25.4 Å². The summed E-state index contributed by atoms with van der Waals surface area (Å²) in [6.07, 6.45) is 1.09. The SMILES string of the molecule is CC(C)CC(CN)C(=O)NCCC(=O)NC(C)C. The van der Waals surface area contributed by atoms with E-state index in [2.05, 4.69) is 24.5 Å². The van der Waals surface area contributed by atoms with Crippen molar-refractivity contribution in [3.05, 3.63) is 0 Å². The molecule has 0 aromatic heterocycles. The van der Waals surface area contributed by atoms with Gasteiger partial charge >= 0.3 is 0 Å². The molecule has 0 aliphatic heterocycles. The van der Waals surface area contributed by atoms with Crippen LogP contribution in [-0.2, 0) is 9.59 Å². The molecule has 5 nitrogen and oxygen atoms in total. The van der Waals surface area contributed by atoms with Gasteiger partial charge in [0.15, 0.2) is 0 Å². The van der Waals surface area contributed by atoms with Gasteiger partial charge in [0, 0.05) is 25.6 Å². The molecule has 0 radical (unpaired) electrons. The summed E-state index contributed by atoms with van der Waals surface area (Å²) in [5.41, 5.74) is 5.58. The summed E-state index contributed by atoms with van der Waals surface area (Å²) in [4.78, 5) is 23.2. The van der Waals surface area contributed by atoms with Gasteiger partial charge in [-0.3, -0.25) is 9.59 Å². The van der Waals surface area contributed by atoms with Crippen LogP contribution in [0, 0.1) is 11.8 Å². The summed E-state index contributed by atoms with van der Waals surface area (Å²) < 4.78 is 0. The minimum Gasteiger partial charge on any atom is -0.355 e. The summed E-state index contributed by atoms with van der Waals surface area (Å²) >= 11 is 0. The van der Waals surface area contributed by atoms with E-state index in [1.807, 2.05) is 13.8 Å². The second-order valence-electron chi connectivity index (χ2n) is 5.33. The molecule has 0 saturated carbocycles. The molecular formula is C13H27N3O2. The largest absolute Gasteiger partial charge is 0.355 e. The Morgan fingerprint density at radius 1 is 1.17 bits per heavy atom. The standard InChI is InChI=1S/C13H27N3O2/c1-9(2)7-11(8-14)13(18)15-6-5-12(17)16-10(3)4/h9-11H,5-8,14H2,1-4H3,(H,15,18)(H,16,17). The smallest absolute Gasteiger partial charge is 0.224 e. The maximum Gasteiger partial charge on any atom is 0.224 e. The molecule has 2 amide bonds. The van der Waals surface area contributed by atoms with Crippen molar-refractivity contribution in [2.75, 3.05) is 13.1 Å². The fourth-order valence-corrected chi connectivity index (χ4v) is 1.72. The fraction of sp³-hybridized carbons (Fsp3) is 0.846. The van der Waals surface area contributed by atoms with Gasteiger partial charge in [0.05, 0.1) is 5.92 Å². The van der Waals surface area contributed by atoms with Crippen LogP contribution < -0.4 is 16.4 Å². The highest BCUT2D eigenvalue weighted by Crippen LogP contribution is 2.10. The number of carbonyl (C=O) groups excluding carboxylic acids is 2. The quantitative estimate of drug-likeness (QED) is 0.596. The molecule has 18 heavy (non-hydrogen) atoms. The highest BCUT2D eigenvalue weighted by molar-refractivity contribution is 5.80. The average molecular weight is 257 g/mol. The van der Waals surface area contributed by atoms with Gasteiger partial charge in [-0.05, 0) is 26.2 Å². The molecule has 0 aliphatic carbocycles. The predicted molar refractivity (Wildman–Crippen MR) is 72.9 cm³/mol. The van der Waals surface area contributed by atoms with Crippen LogP contribution in [-0.4, -0.2) is 30.9 Å². The normalized spacial score (nSPS) is 12.6. The summed E-state index contributed by atoms with van der Waals surface area (Å²) in [5, 5.41) is 5.54. The van der Waals surface area contributed by atoms with Crippen LogP contribution in [0.5, 0.6) is 0 Å². The van der Waals surface area contributed by atoms with E-state index in [1.54, 1.807) is 0 Å². The first-order valence-corrected chi connectivity index (χ1v) is 6.64. The number of amides is 2. The minimum atomic E-state index is -0.154. The van der Waals surface area contributed by atoms with E-state index in [-0.39, 0.29) is 23.8 Å². The molecule has 1 atom stereocenters. The van der Waals surface area contributed by atoms with Gasteiger partial charge in [0.2, 0.25) is 11.8 Å². The zero-order valence-corrected chi connectivity index (χ0v) is 12.0.